The van der Waals surface area contributed by atoms with Gasteiger partial charge in [0.05, 0.1) is 31.8 Å². The molecule has 0 aliphatic heterocycles. The molecule has 0 saturated heterocycles. The summed E-state index contributed by atoms with van der Waals surface area (Å²) in [5.41, 5.74) is 1.81. The number of hydrogen-bond acceptors (Lipinski definition) is 9. The maximum atomic E-state index is 13.4. The van der Waals surface area contributed by atoms with E-state index in [-0.39, 0.29) is 29.4 Å². The molecule has 42 heavy (non-hydrogen) atoms. The highest BCUT2D eigenvalue weighted by Crippen LogP contribution is 2.39. The lowest BCUT2D eigenvalue weighted by molar-refractivity contribution is 0.291. The van der Waals surface area contributed by atoms with Crippen molar-refractivity contribution in [3.63, 3.8) is 0 Å². The first-order valence-corrected chi connectivity index (χ1v) is 13.8. The van der Waals surface area contributed by atoms with Gasteiger partial charge >= 0.3 is 0 Å². The highest BCUT2D eigenvalue weighted by molar-refractivity contribution is 6.00. The number of aromatic hydroxyl groups is 1. The number of aromatic amines is 1. The molecule has 10 nitrogen and oxygen atoms in total. The Hall–Kier alpha value is -4.86. The standard InChI is InChI=1S/C32H36N4O6/c1-6-7-15-22-27(28-23(39-4)16-11-12-17-24(28)40-5)30(37)29(31(38)34-22)32(33-3)41-20(2)18-26-35-25(36-42-26)19-21-13-9-8-10-14-21/h8-11,13-14,16-17H,2,6-7,12,15,18-19H2,1,3-5H3,(H2,34,37,38). The first-order valence-electron chi connectivity index (χ1n) is 13.8. The third-order valence-electron chi connectivity index (χ3n) is 6.66. The van der Waals surface area contributed by atoms with Gasteiger partial charge in [-0.15, -0.1) is 0 Å². The molecule has 220 valence electrons. The van der Waals surface area contributed by atoms with Crippen LogP contribution in [0, 0.1) is 0 Å². The SMILES string of the molecule is C=C(Cc1nc(Cc2ccccc2)no1)OC(=NC)c1c(O)c(C2=C(OC)C=CCC=C2OC)c(CCCC)[nH]c1=O. The van der Waals surface area contributed by atoms with Crippen molar-refractivity contribution in [2.24, 2.45) is 4.99 Å². The number of pyridine rings is 1. The maximum absolute atomic E-state index is 13.4. The van der Waals surface area contributed by atoms with Crippen LogP contribution in [0.4, 0.5) is 0 Å². The molecule has 3 aromatic rings. The number of aliphatic imine (C=N–C) groups is 1. The summed E-state index contributed by atoms with van der Waals surface area (Å²) >= 11 is 0. The third-order valence-corrected chi connectivity index (χ3v) is 6.66. The first-order chi connectivity index (χ1) is 20.4. The highest BCUT2D eigenvalue weighted by atomic mass is 16.5. The van der Waals surface area contributed by atoms with Crippen molar-refractivity contribution in [2.45, 2.75) is 45.4 Å². The van der Waals surface area contributed by atoms with Gasteiger partial charge in [-0.25, -0.2) is 0 Å². The van der Waals surface area contributed by atoms with Gasteiger partial charge in [-0.2, -0.15) is 4.98 Å². The summed E-state index contributed by atoms with van der Waals surface area (Å²) in [5.74, 6) is 1.59. The number of hydrogen-bond donors (Lipinski definition) is 2. The Bertz CT molecular complexity index is 1590. The lowest BCUT2D eigenvalue weighted by atomic mass is 9.95. The number of ether oxygens (including phenoxy) is 3. The third kappa shape index (κ3) is 6.88. The highest BCUT2D eigenvalue weighted by Gasteiger charge is 2.29. The van der Waals surface area contributed by atoms with Crippen molar-refractivity contribution < 1.29 is 23.8 Å². The van der Waals surface area contributed by atoms with E-state index in [2.05, 4.69) is 33.6 Å². The van der Waals surface area contributed by atoms with E-state index >= 15 is 0 Å². The second-order valence-corrected chi connectivity index (χ2v) is 9.60. The molecule has 0 fully saturated rings. The van der Waals surface area contributed by atoms with E-state index in [1.54, 1.807) is 14.2 Å². The fraction of sp³-hybridized carbons (Fsp3) is 0.312. The monoisotopic (exact) mass is 572 g/mol. The van der Waals surface area contributed by atoms with Crippen LogP contribution in [0.5, 0.6) is 5.75 Å². The predicted octanol–water partition coefficient (Wildman–Crippen LogP) is 5.39. The van der Waals surface area contributed by atoms with Crippen molar-refractivity contribution in [3.8, 4) is 5.75 Å². The van der Waals surface area contributed by atoms with Crippen LogP contribution in [0.2, 0.25) is 0 Å². The number of benzene rings is 1. The van der Waals surface area contributed by atoms with Gasteiger partial charge in [-0.3, -0.25) is 9.79 Å². The Morgan fingerprint density at radius 2 is 2.00 bits per heavy atom. The van der Waals surface area contributed by atoms with Gasteiger partial charge in [0.2, 0.25) is 11.8 Å². The topological polar surface area (TPSA) is 132 Å². The minimum absolute atomic E-state index is 0.0846. The van der Waals surface area contributed by atoms with E-state index in [4.69, 9.17) is 18.7 Å². The average molecular weight is 573 g/mol. The lowest BCUT2D eigenvalue weighted by Gasteiger charge is -2.20. The van der Waals surface area contributed by atoms with Gasteiger partial charge in [0.15, 0.2) is 5.82 Å². The molecule has 0 spiro atoms. The molecule has 0 atom stereocenters. The molecule has 10 heteroatoms. The zero-order valence-electron chi connectivity index (χ0n) is 24.4. The van der Waals surface area contributed by atoms with Crippen LogP contribution in [0.15, 0.2) is 86.7 Å². The summed E-state index contributed by atoms with van der Waals surface area (Å²) < 4.78 is 22.7. The van der Waals surface area contributed by atoms with Crippen LogP contribution < -0.4 is 5.56 Å². The maximum Gasteiger partial charge on any atom is 0.264 e. The van der Waals surface area contributed by atoms with E-state index in [0.717, 1.165) is 18.4 Å². The van der Waals surface area contributed by atoms with Gasteiger partial charge in [0.1, 0.15) is 28.6 Å². The second kappa shape index (κ2) is 14.2. The van der Waals surface area contributed by atoms with Gasteiger partial charge in [-0.1, -0.05) is 61.5 Å². The van der Waals surface area contributed by atoms with E-state index in [1.807, 2.05) is 48.6 Å². The van der Waals surface area contributed by atoms with E-state index < -0.39 is 5.56 Å². The number of unbranched alkanes of at least 4 members (excludes halogenated alkanes) is 1. The Kier molecular flexibility index (Phi) is 10.1. The summed E-state index contributed by atoms with van der Waals surface area (Å²) in [4.78, 5) is 24.9. The quantitative estimate of drug-likeness (QED) is 0.168. The van der Waals surface area contributed by atoms with E-state index in [0.29, 0.717) is 59.3 Å². The number of aryl methyl sites for hydroxylation is 1. The van der Waals surface area contributed by atoms with Crippen molar-refractivity contribution >= 4 is 11.5 Å². The molecule has 0 radical (unpaired) electrons. The van der Waals surface area contributed by atoms with Crippen molar-refractivity contribution in [1.82, 2.24) is 15.1 Å². The average Bonchev–Trinajstić information content (AvgIpc) is 3.31. The number of nitrogens with zero attached hydrogens (tertiary/aromatic N) is 3. The Morgan fingerprint density at radius 3 is 2.69 bits per heavy atom. The lowest BCUT2D eigenvalue weighted by Crippen LogP contribution is -2.24. The van der Waals surface area contributed by atoms with Crippen molar-refractivity contribution in [2.75, 3.05) is 21.3 Å². The van der Waals surface area contributed by atoms with Crippen LogP contribution in [0.3, 0.4) is 0 Å². The molecule has 2 heterocycles. The van der Waals surface area contributed by atoms with Crippen LogP contribution >= 0.6 is 0 Å². The Labute approximate surface area is 244 Å². The number of H-pyrrole nitrogens is 1. The molecule has 0 unspecified atom stereocenters. The fourth-order valence-electron chi connectivity index (χ4n) is 4.67. The summed E-state index contributed by atoms with van der Waals surface area (Å²) in [7, 11) is 4.56. The number of allylic oxidation sites excluding steroid dienone is 5. The molecule has 4 rings (SSSR count). The molecule has 1 aliphatic carbocycles. The van der Waals surface area contributed by atoms with Crippen molar-refractivity contribution in [3.05, 3.63) is 117 Å². The molecular formula is C32H36N4O6. The number of methoxy groups -OCH3 is 2. The molecular weight excluding hydrogens is 536 g/mol. The predicted molar refractivity (Wildman–Crippen MR) is 160 cm³/mol. The molecule has 0 saturated carbocycles. The van der Waals surface area contributed by atoms with Gasteiger partial charge in [-0.05, 0) is 37.0 Å². The molecule has 1 aromatic carbocycles. The summed E-state index contributed by atoms with van der Waals surface area (Å²) in [6.07, 6.45) is 9.03. The van der Waals surface area contributed by atoms with Crippen molar-refractivity contribution in [1.29, 1.82) is 0 Å². The molecule has 2 N–H and O–H groups in total. The van der Waals surface area contributed by atoms with E-state index in [1.165, 1.54) is 7.05 Å². The Morgan fingerprint density at radius 1 is 1.21 bits per heavy atom. The number of rotatable bonds is 12. The van der Waals surface area contributed by atoms with Gasteiger partial charge < -0.3 is 28.8 Å². The normalized spacial score (nSPS) is 13.5. The Balaban J connectivity index is 1.67. The van der Waals surface area contributed by atoms with Crippen LogP contribution in [0.1, 0.15) is 60.3 Å². The van der Waals surface area contributed by atoms with Crippen LogP contribution in [-0.2, 0) is 33.5 Å². The van der Waals surface area contributed by atoms with E-state index in [9.17, 15) is 9.90 Å². The first kappa shape index (κ1) is 30.1. The second-order valence-electron chi connectivity index (χ2n) is 9.60. The zero-order chi connectivity index (χ0) is 30.1. The molecule has 2 aromatic heterocycles. The minimum Gasteiger partial charge on any atom is -0.506 e. The minimum atomic E-state index is -0.551. The largest absolute Gasteiger partial charge is 0.506 e. The number of nitrogens with one attached hydrogen (secondary N) is 1. The van der Waals surface area contributed by atoms with Gasteiger partial charge in [0, 0.05) is 19.2 Å². The summed E-state index contributed by atoms with van der Waals surface area (Å²) in [6, 6.07) is 9.80. The summed E-state index contributed by atoms with van der Waals surface area (Å²) in [5, 5.41) is 15.8. The molecule has 0 bridgehead atoms. The smallest absolute Gasteiger partial charge is 0.264 e. The number of aromatic nitrogens is 3. The van der Waals surface area contributed by atoms with Gasteiger partial charge in [0.25, 0.3) is 5.56 Å². The molecule has 1 aliphatic rings. The van der Waals surface area contributed by atoms with Crippen LogP contribution in [-0.4, -0.2) is 47.4 Å². The van der Waals surface area contributed by atoms with Crippen LogP contribution in [0.25, 0.3) is 5.57 Å². The zero-order valence-corrected chi connectivity index (χ0v) is 24.4. The molecule has 0 amide bonds. The summed E-state index contributed by atoms with van der Waals surface area (Å²) in [6.45, 7) is 6.01. The fourth-order valence-corrected chi connectivity index (χ4v) is 4.67.